The van der Waals surface area contributed by atoms with Crippen molar-refractivity contribution in [3.63, 3.8) is 0 Å². The van der Waals surface area contributed by atoms with Crippen LogP contribution in [0, 0.1) is 0 Å². The molecule has 1 aromatic carbocycles. The Kier molecular flexibility index (Phi) is 5.34. The third-order valence-corrected chi connectivity index (χ3v) is 2.68. The molecule has 0 aliphatic rings. The second kappa shape index (κ2) is 7.51. The zero-order valence-corrected chi connectivity index (χ0v) is 11.1. The maximum Gasteiger partial charge on any atom is 0.0645 e. The fraction of sp³-hybridized carbons (Fsp3) is 0.267. The summed E-state index contributed by atoms with van der Waals surface area (Å²) in [6.45, 7) is 2.43. The lowest BCUT2D eigenvalue weighted by atomic mass is 10.3. The average molecular weight is 257 g/mol. The minimum atomic E-state index is 0.736. The summed E-state index contributed by atoms with van der Waals surface area (Å²) in [5.41, 5.74) is 2.16. The van der Waals surface area contributed by atoms with E-state index in [1.807, 2.05) is 47.4 Å². The van der Waals surface area contributed by atoms with Crippen LogP contribution in [-0.2, 0) is 4.74 Å². The minimum absolute atomic E-state index is 0.736. The van der Waals surface area contributed by atoms with E-state index in [0.717, 1.165) is 30.9 Å². The second-order valence-corrected chi connectivity index (χ2v) is 4.15. The van der Waals surface area contributed by atoms with Crippen LogP contribution in [0.5, 0.6) is 0 Å². The maximum atomic E-state index is 4.96. The molecule has 100 valence electrons. The molecule has 0 amide bonds. The van der Waals surface area contributed by atoms with Gasteiger partial charge in [0.1, 0.15) is 0 Å². The highest BCUT2D eigenvalue weighted by molar-refractivity contribution is 5.48. The molecule has 0 aliphatic heterocycles. The Bertz CT molecular complexity index is 505. The van der Waals surface area contributed by atoms with Crippen molar-refractivity contribution < 1.29 is 4.74 Å². The Morgan fingerprint density at radius 1 is 1.32 bits per heavy atom. The number of nitrogens with zero attached hydrogens (tertiary/aromatic N) is 2. The SMILES string of the molecule is COCCNCC=Cc1cnn(-c2ccccc2)c1. The van der Waals surface area contributed by atoms with Crippen molar-refractivity contribution >= 4 is 6.08 Å². The van der Waals surface area contributed by atoms with Crippen molar-refractivity contribution in [3.05, 3.63) is 54.4 Å². The van der Waals surface area contributed by atoms with Crippen molar-refractivity contribution in [2.75, 3.05) is 26.8 Å². The molecule has 1 N–H and O–H groups in total. The number of methoxy groups -OCH3 is 1. The maximum absolute atomic E-state index is 4.96. The van der Waals surface area contributed by atoms with Crippen LogP contribution in [0.2, 0.25) is 0 Å². The third kappa shape index (κ3) is 4.35. The Labute approximate surface area is 113 Å². The topological polar surface area (TPSA) is 39.1 Å². The first-order chi connectivity index (χ1) is 9.40. The Morgan fingerprint density at radius 3 is 2.95 bits per heavy atom. The first-order valence-electron chi connectivity index (χ1n) is 6.36. The van der Waals surface area contributed by atoms with Crippen molar-refractivity contribution in [1.29, 1.82) is 0 Å². The third-order valence-electron chi connectivity index (χ3n) is 2.68. The molecule has 4 heteroatoms. The lowest BCUT2D eigenvalue weighted by molar-refractivity contribution is 0.200. The van der Waals surface area contributed by atoms with Gasteiger partial charge in [0, 0.05) is 32.0 Å². The Balaban J connectivity index is 1.86. The van der Waals surface area contributed by atoms with Crippen molar-refractivity contribution in [2.24, 2.45) is 0 Å². The van der Waals surface area contributed by atoms with Crippen LogP contribution >= 0.6 is 0 Å². The van der Waals surface area contributed by atoms with Crippen LogP contribution in [0.4, 0.5) is 0 Å². The van der Waals surface area contributed by atoms with E-state index in [-0.39, 0.29) is 0 Å². The second-order valence-electron chi connectivity index (χ2n) is 4.15. The molecule has 1 heterocycles. The summed E-state index contributed by atoms with van der Waals surface area (Å²) in [5, 5.41) is 7.60. The van der Waals surface area contributed by atoms with Gasteiger partial charge in [-0.15, -0.1) is 0 Å². The molecule has 0 saturated carbocycles. The van der Waals surface area contributed by atoms with Gasteiger partial charge in [-0.3, -0.25) is 0 Å². The molecule has 0 fully saturated rings. The summed E-state index contributed by atoms with van der Waals surface area (Å²) in [4.78, 5) is 0. The monoisotopic (exact) mass is 257 g/mol. The van der Waals surface area contributed by atoms with Crippen LogP contribution < -0.4 is 5.32 Å². The molecule has 0 atom stereocenters. The summed E-state index contributed by atoms with van der Waals surface area (Å²) < 4.78 is 6.83. The standard InChI is InChI=1S/C15H19N3O/c1-19-11-10-16-9-5-6-14-12-17-18(13-14)15-7-3-2-4-8-15/h2-8,12-13,16H,9-11H2,1H3. The Hall–Kier alpha value is -1.91. The van der Waals surface area contributed by atoms with Gasteiger partial charge in [0.25, 0.3) is 0 Å². The van der Waals surface area contributed by atoms with Crippen molar-refractivity contribution in [3.8, 4) is 5.69 Å². The predicted octanol–water partition coefficient (Wildman–Crippen LogP) is 2.12. The van der Waals surface area contributed by atoms with E-state index < -0.39 is 0 Å². The van der Waals surface area contributed by atoms with Gasteiger partial charge < -0.3 is 10.1 Å². The number of hydrogen-bond donors (Lipinski definition) is 1. The fourth-order valence-corrected chi connectivity index (χ4v) is 1.70. The van der Waals surface area contributed by atoms with Gasteiger partial charge in [-0.25, -0.2) is 4.68 Å². The lowest BCUT2D eigenvalue weighted by Crippen LogP contribution is -2.18. The van der Waals surface area contributed by atoms with Crippen LogP contribution in [0.1, 0.15) is 5.56 Å². The molecule has 0 saturated heterocycles. The number of nitrogens with one attached hydrogen (secondary N) is 1. The first kappa shape index (κ1) is 13.5. The van der Waals surface area contributed by atoms with Crippen molar-refractivity contribution in [1.82, 2.24) is 15.1 Å². The smallest absolute Gasteiger partial charge is 0.0645 e. The van der Waals surface area contributed by atoms with Crippen molar-refractivity contribution in [2.45, 2.75) is 0 Å². The summed E-state index contributed by atoms with van der Waals surface area (Å²) in [6.07, 6.45) is 8.02. The molecule has 0 unspecified atom stereocenters. The van der Waals surface area contributed by atoms with Crippen LogP contribution in [0.25, 0.3) is 11.8 Å². The van der Waals surface area contributed by atoms with E-state index >= 15 is 0 Å². The minimum Gasteiger partial charge on any atom is -0.383 e. The first-order valence-corrected chi connectivity index (χ1v) is 6.36. The molecule has 4 nitrogen and oxygen atoms in total. The van der Waals surface area contributed by atoms with E-state index in [4.69, 9.17) is 4.74 Å². The normalized spacial score (nSPS) is 11.2. The summed E-state index contributed by atoms with van der Waals surface area (Å²) in [6, 6.07) is 10.1. The highest BCUT2D eigenvalue weighted by Crippen LogP contribution is 2.08. The molecular weight excluding hydrogens is 238 g/mol. The zero-order valence-electron chi connectivity index (χ0n) is 11.1. The number of para-hydroxylation sites is 1. The molecule has 0 aliphatic carbocycles. The van der Waals surface area contributed by atoms with Gasteiger partial charge in [-0.2, -0.15) is 5.10 Å². The summed E-state index contributed by atoms with van der Waals surface area (Å²) in [5.74, 6) is 0. The van der Waals surface area contributed by atoms with E-state index in [1.165, 1.54) is 0 Å². The highest BCUT2D eigenvalue weighted by atomic mass is 16.5. The number of benzene rings is 1. The van der Waals surface area contributed by atoms with Crippen LogP contribution in [-0.4, -0.2) is 36.6 Å². The zero-order chi connectivity index (χ0) is 13.3. The van der Waals surface area contributed by atoms with Gasteiger partial charge in [-0.1, -0.05) is 30.4 Å². The molecule has 2 rings (SSSR count). The molecular formula is C15H19N3O. The van der Waals surface area contributed by atoms with Crippen LogP contribution in [0.15, 0.2) is 48.8 Å². The molecule has 0 spiro atoms. The van der Waals surface area contributed by atoms with Crippen LogP contribution in [0.3, 0.4) is 0 Å². The van der Waals surface area contributed by atoms with E-state index in [2.05, 4.69) is 22.6 Å². The molecule has 1 aromatic heterocycles. The Morgan fingerprint density at radius 2 is 2.16 bits per heavy atom. The summed E-state index contributed by atoms with van der Waals surface area (Å²) in [7, 11) is 1.70. The molecule has 0 bridgehead atoms. The van der Waals surface area contributed by atoms with E-state index in [9.17, 15) is 0 Å². The quantitative estimate of drug-likeness (QED) is 0.772. The van der Waals surface area contributed by atoms with E-state index in [1.54, 1.807) is 7.11 Å². The molecule has 19 heavy (non-hydrogen) atoms. The van der Waals surface area contributed by atoms with Gasteiger partial charge in [-0.05, 0) is 12.1 Å². The number of rotatable bonds is 7. The predicted molar refractivity (Wildman–Crippen MR) is 77.3 cm³/mol. The fourth-order valence-electron chi connectivity index (χ4n) is 1.70. The summed E-state index contributed by atoms with van der Waals surface area (Å²) >= 11 is 0. The largest absolute Gasteiger partial charge is 0.383 e. The average Bonchev–Trinajstić information content (AvgIpc) is 2.92. The van der Waals surface area contributed by atoms with E-state index in [0.29, 0.717) is 0 Å². The van der Waals surface area contributed by atoms with Gasteiger partial charge in [0.2, 0.25) is 0 Å². The highest BCUT2D eigenvalue weighted by Gasteiger charge is 1.96. The van der Waals surface area contributed by atoms with Gasteiger partial charge >= 0.3 is 0 Å². The lowest BCUT2D eigenvalue weighted by Gasteiger charge is -1.99. The molecule has 0 radical (unpaired) electrons. The number of hydrogen-bond acceptors (Lipinski definition) is 3. The van der Waals surface area contributed by atoms with Gasteiger partial charge in [0.15, 0.2) is 0 Å². The van der Waals surface area contributed by atoms with Gasteiger partial charge in [0.05, 0.1) is 18.5 Å². The molecule has 2 aromatic rings. The number of aromatic nitrogens is 2. The number of ether oxygens (including phenoxy) is 1.